The molecule has 2 unspecified atom stereocenters. The Bertz CT molecular complexity index is 387. The smallest absolute Gasteiger partial charge is 0.119 e. The minimum atomic E-state index is 0.715. The molecule has 1 aliphatic carbocycles. The van der Waals surface area contributed by atoms with Gasteiger partial charge in [0.1, 0.15) is 5.75 Å². The number of rotatable bonds is 7. The summed E-state index contributed by atoms with van der Waals surface area (Å²) < 4.78 is 5.57. The van der Waals surface area contributed by atoms with E-state index in [0.717, 1.165) is 24.8 Å². The van der Waals surface area contributed by atoms with Crippen LogP contribution in [-0.2, 0) is 0 Å². The fraction of sp³-hybridized carbons (Fsp3) is 0.684. The summed E-state index contributed by atoms with van der Waals surface area (Å²) in [5, 5.41) is 3.64. The Labute approximate surface area is 130 Å². The molecule has 1 saturated carbocycles. The Balaban J connectivity index is 2.04. The van der Waals surface area contributed by atoms with Crippen LogP contribution in [0.5, 0.6) is 5.75 Å². The maximum Gasteiger partial charge on any atom is 0.119 e. The van der Waals surface area contributed by atoms with E-state index in [1.807, 2.05) is 6.92 Å². The summed E-state index contributed by atoms with van der Waals surface area (Å²) in [5.74, 6) is 2.50. The molecule has 118 valence electrons. The van der Waals surface area contributed by atoms with Crippen molar-refractivity contribution in [2.45, 2.75) is 58.3 Å². The highest BCUT2D eigenvalue weighted by Gasteiger charge is 2.24. The van der Waals surface area contributed by atoms with Crippen molar-refractivity contribution < 1.29 is 4.74 Å². The van der Waals surface area contributed by atoms with E-state index in [9.17, 15) is 0 Å². The largest absolute Gasteiger partial charge is 0.494 e. The van der Waals surface area contributed by atoms with E-state index in [0.29, 0.717) is 5.92 Å². The van der Waals surface area contributed by atoms with Crippen LogP contribution >= 0.6 is 0 Å². The van der Waals surface area contributed by atoms with Gasteiger partial charge in [-0.1, -0.05) is 38.3 Å². The predicted octanol–water partition coefficient (Wildman–Crippen LogP) is 4.75. The van der Waals surface area contributed by atoms with Gasteiger partial charge in [0.15, 0.2) is 0 Å². The van der Waals surface area contributed by atoms with Gasteiger partial charge in [-0.2, -0.15) is 0 Å². The molecule has 1 aliphatic rings. The third-order valence-electron chi connectivity index (χ3n) is 4.61. The van der Waals surface area contributed by atoms with Gasteiger partial charge in [-0.05, 0) is 68.8 Å². The Kier molecular flexibility index (Phi) is 7.08. The second kappa shape index (κ2) is 9.09. The Morgan fingerprint density at radius 3 is 2.52 bits per heavy atom. The van der Waals surface area contributed by atoms with Gasteiger partial charge in [-0.15, -0.1) is 0 Å². The van der Waals surface area contributed by atoms with E-state index < -0.39 is 0 Å². The van der Waals surface area contributed by atoms with Crippen molar-refractivity contribution in [3.05, 3.63) is 29.8 Å². The lowest BCUT2D eigenvalue weighted by Gasteiger charge is -2.26. The van der Waals surface area contributed by atoms with Crippen LogP contribution < -0.4 is 10.1 Å². The molecule has 1 N–H and O–H groups in total. The van der Waals surface area contributed by atoms with Crippen LogP contribution in [0.15, 0.2) is 24.3 Å². The van der Waals surface area contributed by atoms with Crippen LogP contribution in [0.2, 0.25) is 0 Å². The van der Waals surface area contributed by atoms with E-state index in [-0.39, 0.29) is 0 Å². The zero-order chi connectivity index (χ0) is 14.9. The number of nitrogens with one attached hydrogen (secondary N) is 1. The van der Waals surface area contributed by atoms with Crippen LogP contribution in [0.25, 0.3) is 0 Å². The topological polar surface area (TPSA) is 21.3 Å². The van der Waals surface area contributed by atoms with E-state index in [1.54, 1.807) is 0 Å². The first kappa shape index (κ1) is 16.4. The van der Waals surface area contributed by atoms with Gasteiger partial charge in [0.05, 0.1) is 6.61 Å². The molecule has 1 aromatic carbocycles. The van der Waals surface area contributed by atoms with Crippen LogP contribution in [0.3, 0.4) is 0 Å². The zero-order valence-electron chi connectivity index (χ0n) is 13.7. The van der Waals surface area contributed by atoms with Gasteiger partial charge in [0.2, 0.25) is 0 Å². The van der Waals surface area contributed by atoms with Crippen LogP contribution in [0, 0.1) is 5.92 Å². The molecule has 1 fully saturated rings. The monoisotopic (exact) mass is 289 g/mol. The first-order chi connectivity index (χ1) is 10.3. The average Bonchev–Trinajstić information content (AvgIpc) is 2.74. The molecule has 2 heteroatoms. The highest BCUT2D eigenvalue weighted by Crippen LogP contribution is 2.36. The molecule has 2 rings (SSSR count). The van der Waals surface area contributed by atoms with Gasteiger partial charge in [-0.3, -0.25) is 0 Å². The lowest BCUT2D eigenvalue weighted by molar-refractivity contribution is 0.339. The van der Waals surface area contributed by atoms with Gasteiger partial charge in [0.25, 0.3) is 0 Å². The molecule has 2 nitrogen and oxygen atoms in total. The van der Waals surface area contributed by atoms with Gasteiger partial charge in [0, 0.05) is 0 Å². The highest BCUT2D eigenvalue weighted by atomic mass is 16.5. The second-order valence-corrected chi connectivity index (χ2v) is 6.21. The summed E-state index contributed by atoms with van der Waals surface area (Å²) in [7, 11) is 0. The van der Waals surface area contributed by atoms with E-state index in [4.69, 9.17) is 4.74 Å². The quantitative estimate of drug-likeness (QED) is 0.578. The van der Waals surface area contributed by atoms with Gasteiger partial charge >= 0.3 is 0 Å². The number of hydrogen-bond donors (Lipinski definition) is 1. The summed E-state index contributed by atoms with van der Waals surface area (Å²) in [5.41, 5.74) is 1.50. The molecule has 21 heavy (non-hydrogen) atoms. The van der Waals surface area contributed by atoms with Gasteiger partial charge < -0.3 is 10.1 Å². The van der Waals surface area contributed by atoms with E-state index in [2.05, 4.69) is 36.5 Å². The van der Waals surface area contributed by atoms with Crippen LogP contribution in [-0.4, -0.2) is 19.7 Å². The summed E-state index contributed by atoms with van der Waals surface area (Å²) in [6, 6.07) is 8.85. The third-order valence-corrected chi connectivity index (χ3v) is 4.61. The molecule has 0 radical (unpaired) electrons. The molecule has 0 spiro atoms. The summed E-state index contributed by atoms with van der Waals surface area (Å²) in [4.78, 5) is 0. The lowest BCUT2D eigenvalue weighted by atomic mass is 9.82. The highest BCUT2D eigenvalue weighted by molar-refractivity contribution is 5.30. The first-order valence-electron chi connectivity index (χ1n) is 8.78. The molecule has 0 heterocycles. The minimum Gasteiger partial charge on any atom is -0.494 e. The summed E-state index contributed by atoms with van der Waals surface area (Å²) >= 11 is 0. The number of hydrogen-bond acceptors (Lipinski definition) is 2. The maximum absolute atomic E-state index is 5.57. The molecule has 0 aromatic heterocycles. The van der Waals surface area contributed by atoms with Gasteiger partial charge in [-0.25, -0.2) is 0 Å². The molecule has 0 aliphatic heterocycles. The molecule has 1 aromatic rings. The number of benzene rings is 1. The van der Waals surface area contributed by atoms with Crippen LogP contribution in [0.1, 0.15) is 63.9 Å². The Morgan fingerprint density at radius 2 is 1.81 bits per heavy atom. The third kappa shape index (κ3) is 5.03. The van der Waals surface area contributed by atoms with Crippen molar-refractivity contribution in [2.75, 3.05) is 19.7 Å². The molecular weight excluding hydrogens is 258 g/mol. The summed E-state index contributed by atoms with van der Waals surface area (Å²) in [6.07, 6.45) is 8.10. The first-order valence-corrected chi connectivity index (χ1v) is 8.78. The standard InChI is InChI=1S/C19H31NO/c1-3-14-20-15-17-8-6-5-7-9-19(17)16-10-12-18(13-11-16)21-4-2/h10-13,17,19-20H,3-9,14-15H2,1-2H3. The Hall–Kier alpha value is -1.02. The summed E-state index contributed by atoms with van der Waals surface area (Å²) in [6.45, 7) is 7.34. The fourth-order valence-corrected chi connectivity index (χ4v) is 3.51. The molecule has 0 bridgehead atoms. The van der Waals surface area contributed by atoms with E-state index in [1.165, 1.54) is 50.6 Å². The lowest BCUT2D eigenvalue weighted by Crippen LogP contribution is -2.27. The van der Waals surface area contributed by atoms with Crippen molar-refractivity contribution in [2.24, 2.45) is 5.92 Å². The number of ether oxygens (including phenoxy) is 1. The SMILES string of the molecule is CCCNCC1CCCCCC1c1ccc(OCC)cc1. The Morgan fingerprint density at radius 1 is 1.05 bits per heavy atom. The molecule has 0 amide bonds. The average molecular weight is 289 g/mol. The van der Waals surface area contributed by atoms with Crippen molar-refractivity contribution >= 4 is 0 Å². The fourth-order valence-electron chi connectivity index (χ4n) is 3.51. The van der Waals surface area contributed by atoms with Crippen molar-refractivity contribution in [3.63, 3.8) is 0 Å². The molecular formula is C19H31NO. The van der Waals surface area contributed by atoms with Crippen molar-refractivity contribution in [1.82, 2.24) is 5.32 Å². The predicted molar refractivity (Wildman–Crippen MR) is 90.1 cm³/mol. The molecule has 2 atom stereocenters. The second-order valence-electron chi connectivity index (χ2n) is 6.21. The zero-order valence-corrected chi connectivity index (χ0v) is 13.7. The van der Waals surface area contributed by atoms with Crippen molar-refractivity contribution in [1.29, 1.82) is 0 Å². The normalized spacial score (nSPS) is 22.8. The van der Waals surface area contributed by atoms with E-state index >= 15 is 0 Å². The van der Waals surface area contributed by atoms with Crippen molar-refractivity contribution in [3.8, 4) is 5.75 Å². The minimum absolute atomic E-state index is 0.715. The van der Waals surface area contributed by atoms with Crippen LogP contribution in [0.4, 0.5) is 0 Å². The molecule has 0 saturated heterocycles. The maximum atomic E-state index is 5.57.